The van der Waals surface area contributed by atoms with Crippen LogP contribution < -0.4 is 5.73 Å². The van der Waals surface area contributed by atoms with Crippen LogP contribution in [-0.4, -0.2) is 16.6 Å². The van der Waals surface area contributed by atoms with Gasteiger partial charge in [0.05, 0.1) is 21.8 Å². The normalized spacial score (nSPS) is 22.5. The molecule has 1 aliphatic rings. The van der Waals surface area contributed by atoms with E-state index in [2.05, 4.69) is 4.98 Å². The van der Waals surface area contributed by atoms with E-state index in [9.17, 15) is 14.5 Å². The van der Waals surface area contributed by atoms with Gasteiger partial charge in [0, 0.05) is 4.88 Å². The number of nitro groups is 1. The Morgan fingerprint density at radius 2 is 2.14 bits per heavy atom. The molecule has 0 radical (unpaired) electrons. The molecule has 1 saturated carbocycles. The van der Waals surface area contributed by atoms with Crippen LogP contribution in [0.2, 0.25) is 0 Å². The molecule has 0 aromatic carbocycles. The lowest BCUT2D eigenvalue weighted by molar-refractivity contribution is -0.384. The van der Waals surface area contributed by atoms with Crippen molar-refractivity contribution in [1.82, 2.24) is 4.98 Å². The molecule has 0 saturated heterocycles. The van der Waals surface area contributed by atoms with Crippen LogP contribution in [0.3, 0.4) is 0 Å². The number of rotatable bonds is 3. The average Bonchev–Trinajstić information content (AvgIpc) is 2.92. The third-order valence-corrected chi connectivity index (χ3v) is 5.56. The molecule has 112 valence electrons. The molecule has 2 heterocycles. The average molecular weight is 309 g/mol. The van der Waals surface area contributed by atoms with Crippen molar-refractivity contribution in [3.8, 4) is 0 Å². The van der Waals surface area contributed by atoms with Gasteiger partial charge in [-0.15, -0.1) is 11.3 Å². The Hall–Kier alpha value is -1.76. The lowest BCUT2D eigenvalue weighted by Gasteiger charge is -2.25. The maximum Gasteiger partial charge on any atom is 0.311 e. The van der Waals surface area contributed by atoms with E-state index in [1.807, 2.05) is 6.07 Å². The summed E-state index contributed by atoms with van der Waals surface area (Å²) in [7, 11) is 0. The zero-order valence-electron chi connectivity index (χ0n) is 11.4. The quantitative estimate of drug-likeness (QED) is 0.685. The number of aromatic nitrogens is 1. The molecule has 2 aromatic rings. The molecular weight excluding hydrogens is 293 g/mol. The van der Waals surface area contributed by atoms with Gasteiger partial charge in [0.15, 0.2) is 0 Å². The molecule has 21 heavy (non-hydrogen) atoms. The maximum atomic E-state index is 12.7. The summed E-state index contributed by atoms with van der Waals surface area (Å²) in [6.07, 6.45) is 4.94. The van der Waals surface area contributed by atoms with Crippen molar-refractivity contribution in [2.45, 2.75) is 31.6 Å². The van der Waals surface area contributed by atoms with E-state index >= 15 is 0 Å². The van der Waals surface area contributed by atoms with Gasteiger partial charge in [0.2, 0.25) is 0 Å². The smallest absolute Gasteiger partial charge is 0.311 e. The number of anilines is 1. The van der Waals surface area contributed by atoms with Crippen LogP contribution in [0.25, 0.3) is 10.2 Å². The van der Waals surface area contributed by atoms with Gasteiger partial charge in [0.1, 0.15) is 11.9 Å². The highest BCUT2D eigenvalue weighted by molar-refractivity contribution is 7.19. The number of nitrogens with zero attached hydrogens (tertiary/aromatic N) is 2. The van der Waals surface area contributed by atoms with Crippen molar-refractivity contribution >= 4 is 32.9 Å². The summed E-state index contributed by atoms with van der Waals surface area (Å²) in [6, 6.07) is 1.97. The molecule has 0 unspecified atom stereocenters. The van der Waals surface area contributed by atoms with Crippen LogP contribution in [0.4, 0.5) is 15.8 Å². The van der Waals surface area contributed by atoms with E-state index < -0.39 is 4.92 Å². The minimum absolute atomic E-state index is 0.142. The van der Waals surface area contributed by atoms with E-state index in [1.54, 1.807) is 0 Å². The molecule has 0 spiro atoms. The van der Waals surface area contributed by atoms with E-state index in [1.165, 1.54) is 17.5 Å². The molecule has 0 bridgehead atoms. The highest BCUT2D eigenvalue weighted by Gasteiger charge is 2.25. The first-order valence-electron chi connectivity index (χ1n) is 6.98. The van der Waals surface area contributed by atoms with Gasteiger partial charge >= 0.3 is 5.69 Å². The van der Waals surface area contributed by atoms with Gasteiger partial charge in [-0.1, -0.05) is 0 Å². The Bertz CT molecular complexity index is 680. The minimum atomic E-state index is -0.506. The second-order valence-corrected chi connectivity index (χ2v) is 6.63. The predicted molar refractivity (Wildman–Crippen MR) is 81.4 cm³/mol. The molecule has 2 aromatic heterocycles. The zero-order valence-corrected chi connectivity index (χ0v) is 12.2. The summed E-state index contributed by atoms with van der Waals surface area (Å²) in [5.41, 5.74) is 6.65. The van der Waals surface area contributed by atoms with Crippen molar-refractivity contribution < 1.29 is 9.31 Å². The summed E-state index contributed by atoms with van der Waals surface area (Å²) in [4.78, 5) is 15.7. The highest BCUT2D eigenvalue weighted by atomic mass is 32.1. The Balaban J connectivity index is 1.91. The number of hydrogen-bond donors (Lipinski definition) is 1. The van der Waals surface area contributed by atoms with Gasteiger partial charge in [-0.25, -0.2) is 4.98 Å². The maximum absolute atomic E-state index is 12.7. The lowest BCUT2D eigenvalue weighted by atomic mass is 9.82. The molecule has 0 amide bonds. The monoisotopic (exact) mass is 309 g/mol. The fraction of sp³-hybridized carbons (Fsp3) is 0.500. The van der Waals surface area contributed by atoms with Crippen LogP contribution in [-0.2, 0) is 0 Å². The highest BCUT2D eigenvalue weighted by Crippen LogP contribution is 2.42. The molecule has 2 N–H and O–H groups in total. The fourth-order valence-corrected chi connectivity index (χ4v) is 4.19. The largest absolute Gasteiger partial charge is 0.392 e. The van der Waals surface area contributed by atoms with Crippen LogP contribution in [0, 0.1) is 16.0 Å². The minimum Gasteiger partial charge on any atom is -0.392 e. The second kappa shape index (κ2) is 5.55. The van der Waals surface area contributed by atoms with E-state index in [4.69, 9.17) is 5.73 Å². The number of pyridine rings is 1. The van der Waals surface area contributed by atoms with Crippen molar-refractivity contribution in [3.05, 3.63) is 27.3 Å². The summed E-state index contributed by atoms with van der Waals surface area (Å²) in [5.74, 6) is 0.588. The molecule has 1 fully saturated rings. The molecular formula is C14H16FN3O2S. The van der Waals surface area contributed by atoms with Gasteiger partial charge < -0.3 is 5.73 Å². The third-order valence-electron chi connectivity index (χ3n) is 4.24. The summed E-state index contributed by atoms with van der Waals surface area (Å²) >= 11 is 1.49. The summed E-state index contributed by atoms with van der Waals surface area (Å²) in [5, 5.41) is 10.9. The van der Waals surface area contributed by atoms with Crippen LogP contribution in [0.5, 0.6) is 0 Å². The van der Waals surface area contributed by atoms with Crippen molar-refractivity contribution in [1.29, 1.82) is 0 Å². The first-order valence-corrected chi connectivity index (χ1v) is 7.80. The van der Waals surface area contributed by atoms with Crippen molar-refractivity contribution in [2.75, 3.05) is 12.4 Å². The summed E-state index contributed by atoms with van der Waals surface area (Å²) < 4.78 is 13.3. The number of hydrogen-bond acceptors (Lipinski definition) is 5. The number of nitrogens with two attached hydrogens (primary N) is 1. The number of thiophene rings is 1. The molecule has 3 rings (SSSR count). The molecule has 7 heteroatoms. The molecule has 5 nitrogen and oxygen atoms in total. The number of fused-ring (bicyclic) bond motifs is 1. The second-order valence-electron chi connectivity index (χ2n) is 5.55. The predicted octanol–water partition coefficient (Wildman–Crippen LogP) is 4.03. The first kappa shape index (κ1) is 14.2. The first-order chi connectivity index (χ1) is 10.1. The van der Waals surface area contributed by atoms with Crippen LogP contribution in [0.15, 0.2) is 12.3 Å². The van der Waals surface area contributed by atoms with Crippen molar-refractivity contribution in [2.24, 2.45) is 5.92 Å². The van der Waals surface area contributed by atoms with Gasteiger partial charge in [0.25, 0.3) is 0 Å². The van der Waals surface area contributed by atoms with E-state index in [0.717, 1.165) is 30.6 Å². The Morgan fingerprint density at radius 3 is 2.76 bits per heavy atom. The number of halogens is 1. The SMILES string of the molecule is Nc1c([N+](=O)[O-])cnc2cc(C3CCC(CF)CC3)sc12. The number of nitrogen functional groups attached to an aromatic ring is 1. The fourth-order valence-electron chi connectivity index (χ4n) is 2.95. The van der Waals surface area contributed by atoms with Gasteiger partial charge in [-0.3, -0.25) is 14.5 Å². The lowest BCUT2D eigenvalue weighted by Crippen LogP contribution is -2.13. The van der Waals surface area contributed by atoms with Crippen LogP contribution >= 0.6 is 11.3 Å². The van der Waals surface area contributed by atoms with Crippen molar-refractivity contribution in [3.63, 3.8) is 0 Å². The molecule has 0 atom stereocenters. The topological polar surface area (TPSA) is 82.0 Å². The zero-order chi connectivity index (χ0) is 15.0. The van der Waals surface area contributed by atoms with Crippen LogP contribution in [0.1, 0.15) is 36.5 Å². The Labute approximate surface area is 125 Å². The summed E-state index contributed by atoms with van der Waals surface area (Å²) in [6.45, 7) is -0.236. The Kier molecular flexibility index (Phi) is 3.75. The van der Waals surface area contributed by atoms with E-state index in [0.29, 0.717) is 16.1 Å². The molecule has 0 aliphatic heterocycles. The van der Waals surface area contributed by atoms with Gasteiger partial charge in [-0.2, -0.15) is 0 Å². The van der Waals surface area contributed by atoms with E-state index in [-0.39, 0.29) is 24.0 Å². The standard InChI is InChI=1S/C14H16FN3O2S/c15-6-8-1-3-9(4-2-8)12-5-10-14(21-12)13(16)11(7-17-10)18(19)20/h5,7-9H,1-4,6H2,(H2,16,17). The molecule has 1 aliphatic carbocycles. The Morgan fingerprint density at radius 1 is 1.43 bits per heavy atom. The number of alkyl halides is 1. The third kappa shape index (κ3) is 2.57. The van der Waals surface area contributed by atoms with Gasteiger partial charge in [-0.05, 0) is 43.6 Å².